The van der Waals surface area contributed by atoms with Gasteiger partial charge in [0.15, 0.2) is 0 Å². The van der Waals surface area contributed by atoms with Crippen molar-refractivity contribution in [1.82, 2.24) is 4.31 Å². The minimum absolute atomic E-state index is 0.136. The molecule has 0 aliphatic heterocycles. The van der Waals surface area contributed by atoms with E-state index in [0.717, 1.165) is 16.7 Å². The van der Waals surface area contributed by atoms with Crippen molar-refractivity contribution in [2.24, 2.45) is 0 Å². The molecular formula is C24H24ClNO4S. The third-order valence-corrected chi connectivity index (χ3v) is 6.89. The van der Waals surface area contributed by atoms with Gasteiger partial charge in [-0.1, -0.05) is 54.1 Å². The van der Waals surface area contributed by atoms with Gasteiger partial charge in [-0.25, -0.2) is 13.2 Å². The van der Waals surface area contributed by atoms with Crippen molar-refractivity contribution in [3.05, 3.63) is 100 Å². The first-order valence-electron chi connectivity index (χ1n) is 9.87. The van der Waals surface area contributed by atoms with Crippen molar-refractivity contribution in [3.8, 4) is 0 Å². The zero-order valence-corrected chi connectivity index (χ0v) is 19.0. The summed E-state index contributed by atoms with van der Waals surface area (Å²) in [6, 6.07) is 20.7. The third kappa shape index (κ3) is 5.73. The first kappa shape index (κ1) is 23.0. The van der Waals surface area contributed by atoms with E-state index in [2.05, 4.69) is 0 Å². The van der Waals surface area contributed by atoms with Crippen LogP contribution in [-0.2, 0) is 27.8 Å². The van der Waals surface area contributed by atoms with Gasteiger partial charge in [0, 0.05) is 18.1 Å². The molecule has 7 heteroatoms. The molecule has 3 rings (SSSR count). The summed E-state index contributed by atoms with van der Waals surface area (Å²) in [7, 11) is -3.81. The number of carbonyl (C=O) groups excluding carboxylic acids is 1. The van der Waals surface area contributed by atoms with E-state index in [0.29, 0.717) is 17.2 Å². The Hall–Kier alpha value is -2.67. The van der Waals surface area contributed by atoms with Crippen molar-refractivity contribution >= 4 is 27.6 Å². The number of esters is 1. The van der Waals surface area contributed by atoms with Crippen LogP contribution >= 0.6 is 11.6 Å². The SMILES string of the molecule is CCOC(=O)c1ccc(CN(Cc2ccccc2C)S(=O)(=O)c2cccc(Cl)c2)cc1. The molecule has 0 aliphatic rings. The van der Waals surface area contributed by atoms with E-state index in [-0.39, 0.29) is 18.0 Å². The van der Waals surface area contributed by atoms with E-state index in [1.807, 2.05) is 31.2 Å². The molecule has 31 heavy (non-hydrogen) atoms. The van der Waals surface area contributed by atoms with Crippen LogP contribution in [0.5, 0.6) is 0 Å². The van der Waals surface area contributed by atoms with Gasteiger partial charge in [-0.2, -0.15) is 4.31 Å². The van der Waals surface area contributed by atoms with Crippen LogP contribution in [0.4, 0.5) is 0 Å². The van der Waals surface area contributed by atoms with Crippen molar-refractivity contribution in [2.45, 2.75) is 31.8 Å². The summed E-state index contributed by atoms with van der Waals surface area (Å²) in [5.74, 6) is -0.405. The lowest BCUT2D eigenvalue weighted by atomic mass is 10.1. The highest BCUT2D eigenvalue weighted by atomic mass is 35.5. The molecule has 0 radical (unpaired) electrons. The molecule has 0 heterocycles. The Morgan fingerprint density at radius 2 is 1.68 bits per heavy atom. The number of hydrogen-bond donors (Lipinski definition) is 0. The molecule has 0 saturated carbocycles. The summed E-state index contributed by atoms with van der Waals surface area (Å²) in [6.45, 7) is 4.35. The van der Waals surface area contributed by atoms with Gasteiger partial charge in [0.2, 0.25) is 10.0 Å². The predicted molar refractivity (Wildman–Crippen MR) is 121 cm³/mol. The van der Waals surface area contributed by atoms with Crippen LogP contribution < -0.4 is 0 Å². The van der Waals surface area contributed by atoms with Gasteiger partial charge in [0.1, 0.15) is 0 Å². The van der Waals surface area contributed by atoms with Gasteiger partial charge in [-0.15, -0.1) is 0 Å². The molecule has 0 aromatic heterocycles. The molecule has 162 valence electrons. The van der Waals surface area contributed by atoms with Crippen molar-refractivity contribution in [2.75, 3.05) is 6.61 Å². The number of benzene rings is 3. The molecule has 0 saturated heterocycles. The zero-order chi connectivity index (χ0) is 22.4. The quantitative estimate of drug-likeness (QED) is 0.435. The Labute approximate surface area is 188 Å². The number of aryl methyl sites for hydroxylation is 1. The van der Waals surface area contributed by atoms with Crippen LogP contribution in [0.25, 0.3) is 0 Å². The number of ether oxygens (including phenoxy) is 1. The Bertz CT molecular complexity index is 1160. The van der Waals surface area contributed by atoms with E-state index < -0.39 is 16.0 Å². The largest absolute Gasteiger partial charge is 0.462 e. The van der Waals surface area contributed by atoms with Crippen molar-refractivity contribution in [3.63, 3.8) is 0 Å². The fraction of sp³-hybridized carbons (Fsp3) is 0.208. The van der Waals surface area contributed by atoms with Crippen LogP contribution in [0.1, 0.15) is 34.0 Å². The highest BCUT2D eigenvalue weighted by molar-refractivity contribution is 7.89. The summed E-state index contributed by atoms with van der Waals surface area (Å²) < 4.78 is 33.3. The van der Waals surface area contributed by atoms with E-state index in [4.69, 9.17) is 16.3 Å². The molecule has 5 nitrogen and oxygen atoms in total. The Morgan fingerprint density at radius 1 is 0.968 bits per heavy atom. The number of rotatable bonds is 8. The van der Waals surface area contributed by atoms with E-state index in [1.54, 1.807) is 43.3 Å². The van der Waals surface area contributed by atoms with Gasteiger partial charge >= 0.3 is 5.97 Å². The van der Waals surface area contributed by atoms with Gasteiger partial charge in [-0.3, -0.25) is 0 Å². The predicted octanol–water partition coefficient (Wildman–Crippen LogP) is 5.22. The Kier molecular flexibility index (Phi) is 7.49. The number of sulfonamides is 1. The molecule has 3 aromatic rings. The molecule has 0 atom stereocenters. The second-order valence-electron chi connectivity index (χ2n) is 7.07. The minimum Gasteiger partial charge on any atom is -0.462 e. The van der Waals surface area contributed by atoms with E-state index >= 15 is 0 Å². The Morgan fingerprint density at radius 3 is 2.32 bits per heavy atom. The minimum atomic E-state index is -3.81. The summed E-state index contributed by atoms with van der Waals surface area (Å²) in [6.07, 6.45) is 0. The lowest BCUT2D eigenvalue weighted by molar-refractivity contribution is 0.0526. The molecule has 0 amide bonds. The van der Waals surface area contributed by atoms with Gasteiger partial charge < -0.3 is 4.74 Å². The number of nitrogens with zero attached hydrogens (tertiary/aromatic N) is 1. The molecule has 0 fully saturated rings. The standard InChI is InChI=1S/C24H24ClNO4S/c1-3-30-24(27)20-13-11-19(12-14-20)16-26(17-21-8-5-4-7-18(21)2)31(28,29)23-10-6-9-22(25)15-23/h4-15H,3,16-17H2,1-2H3. The van der Waals surface area contributed by atoms with Gasteiger partial charge in [0.05, 0.1) is 17.1 Å². The zero-order valence-electron chi connectivity index (χ0n) is 17.4. The highest BCUT2D eigenvalue weighted by Gasteiger charge is 2.26. The third-order valence-electron chi connectivity index (χ3n) is 4.87. The van der Waals surface area contributed by atoms with Gasteiger partial charge in [-0.05, 0) is 60.9 Å². The first-order chi connectivity index (χ1) is 14.8. The molecule has 0 spiro atoms. The first-order valence-corrected chi connectivity index (χ1v) is 11.7. The molecular weight excluding hydrogens is 434 g/mol. The second kappa shape index (κ2) is 10.1. The van der Waals surface area contributed by atoms with Crippen LogP contribution in [0.15, 0.2) is 77.7 Å². The van der Waals surface area contributed by atoms with Gasteiger partial charge in [0.25, 0.3) is 0 Å². The molecule has 0 unspecified atom stereocenters. The lowest BCUT2D eigenvalue weighted by Crippen LogP contribution is -2.30. The second-order valence-corrected chi connectivity index (χ2v) is 9.45. The molecule has 0 bridgehead atoms. The van der Waals surface area contributed by atoms with Crippen LogP contribution in [0, 0.1) is 6.92 Å². The monoisotopic (exact) mass is 457 g/mol. The lowest BCUT2D eigenvalue weighted by Gasteiger charge is -2.23. The van der Waals surface area contributed by atoms with Crippen LogP contribution in [0.3, 0.4) is 0 Å². The smallest absolute Gasteiger partial charge is 0.338 e. The van der Waals surface area contributed by atoms with Crippen molar-refractivity contribution in [1.29, 1.82) is 0 Å². The van der Waals surface area contributed by atoms with Crippen LogP contribution in [0.2, 0.25) is 5.02 Å². The number of carbonyl (C=O) groups is 1. The summed E-state index contributed by atoms with van der Waals surface area (Å²) >= 11 is 6.05. The topological polar surface area (TPSA) is 63.7 Å². The maximum absolute atomic E-state index is 13.5. The average molecular weight is 458 g/mol. The summed E-state index contributed by atoms with van der Waals surface area (Å²) in [5.41, 5.74) is 3.10. The van der Waals surface area contributed by atoms with E-state index in [9.17, 15) is 13.2 Å². The average Bonchev–Trinajstić information content (AvgIpc) is 2.75. The molecule has 0 N–H and O–H groups in total. The fourth-order valence-corrected chi connectivity index (χ4v) is 4.85. The highest BCUT2D eigenvalue weighted by Crippen LogP contribution is 2.24. The number of halogens is 1. The Balaban J connectivity index is 1.94. The van der Waals surface area contributed by atoms with E-state index in [1.165, 1.54) is 16.4 Å². The molecule has 3 aromatic carbocycles. The molecule has 0 aliphatic carbocycles. The summed E-state index contributed by atoms with van der Waals surface area (Å²) in [5, 5.41) is 0.357. The fourth-order valence-electron chi connectivity index (χ4n) is 3.14. The maximum Gasteiger partial charge on any atom is 0.338 e. The normalized spacial score (nSPS) is 11.5. The summed E-state index contributed by atoms with van der Waals surface area (Å²) in [4.78, 5) is 12.0. The number of hydrogen-bond acceptors (Lipinski definition) is 4. The van der Waals surface area contributed by atoms with Crippen molar-refractivity contribution < 1.29 is 17.9 Å². The maximum atomic E-state index is 13.5. The van der Waals surface area contributed by atoms with Crippen LogP contribution in [-0.4, -0.2) is 25.3 Å².